The molecule has 2 heterocycles. The zero-order chi connectivity index (χ0) is 27.6. The first-order valence-electron chi connectivity index (χ1n) is 13.2. The maximum Gasteiger partial charge on any atom is 0.333 e. The lowest BCUT2D eigenvalue weighted by atomic mass is 10.1. The normalized spacial score (nSPS) is 19.0. The fraction of sp³-hybridized carbons (Fsp3) is 0.400. The Morgan fingerprint density at radius 1 is 0.821 bits per heavy atom. The lowest BCUT2D eigenvalue weighted by Gasteiger charge is -2.10. The molecule has 2 aliphatic rings. The summed E-state index contributed by atoms with van der Waals surface area (Å²) in [6.07, 6.45) is 5.62. The number of hydrogen-bond donors (Lipinski definition) is 0. The second-order valence-corrected chi connectivity index (χ2v) is 9.62. The highest BCUT2D eigenvalue weighted by Crippen LogP contribution is 2.27. The Balaban J connectivity index is 1.12. The van der Waals surface area contributed by atoms with Crippen molar-refractivity contribution in [3.8, 4) is 11.5 Å². The first kappa shape index (κ1) is 28.0. The molecule has 2 atom stereocenters. The van der Waals surface area contributed by atoms with Crippen LogP contribution in [-0.4, -0.2) is 37.2 Å². The van der Waals surface area contributed by atoms with E-state index in [0.717, 1.165) is 44.3 Å². The van der Waals surface area contributed by atoms with Crippen LogP contribution in [-0.2, 0) is 19.1 Å². The second kappa shape index (κ2) is 13.7. The third-order valence-electron chi connectivity index (χ3n) is 6.47. The minimum atomic E-state index is -0.507. The Morgan fingerprint density at radius 2 is 1.46 bits per heavy atom. The molecule has 0 N–H and O–H groups in total. The standard InChI is InChI=1S/C30H33FN2O6/c1-20-17-25(39-30(20)35)7-3-5-15-36-24-12-9-22(10-13-24)32-33-23-11-14-29(27(31)18-23)37-16-6-4-8-26-19-28(34)21(2)38-26/h9-14,18,25-26H,1-8,15-17,19H2. The van der Waals surface area contributed by atoms with Crippen LogP contribution in [0.2, 0.25) is 0 Å². The number of esters is 1. The zero-order valence-corrected chi connectivity index (χ0v) is 21.9. The average Bonchev–Trinajstić information content (AvgIpc) is 3.42. The molecule has 2 aliphatic heterocycles. The van der Waals surface area contributed by atoms with E-state index < -0.39 is 5.82 Å². The van der Waals surface area contributed by atoms with Gasteiger partial charge in [-0.1, -0.05) is 13.2 Å². The van der Waals surface area contributed by atoms with Gasteiger partial charge >= 0.3 is 5.97 Å². The van der Waals surface area contributed by atoms with Gasteiger partial charge in [-0.25, -0.2) is 9.18 Å². The number of halogens is 1. The minimum absolute atomic E-state index is 0.0390. The van der Waals surface area contributed by atoms with Crippen LogP contribution < -0.4 is 9.47 Å². The van der Waals surface area contributed by atoms with Crippen molar-refractivity contribution in [1.82, 2.24) is 0 Å². The number of carbonyl (C=O) groups excluding carboxylic acids is 2. The smallest absolute Gasteiger partial charge is 0.333 e. The van der Waals surface area contributed by atoms with Gasteiger partial charge in [-0.2, -0.15) is 10.2 Å². The van der Waals surface area contributed by atoms with Crippen molar-refractivity contribution in [2.24, 2.45) is 10.2 Å². The van der Waals surface area contributed by atoms with Crippen molar-refractivity contribution in [3.05, 3.63) is 72.8 Å². The molecule has 2 fully saturated rings. The third-order valence-corrected chi connectivity index (χ3v) is 6.47. The summed E-state index contributed by atoms with van der Waals surface area (Å²) >= 11 is 0. The highest BCUT2D eigenvalue weighted by atomic mass is 19.1. The average molecular weight is 537 g/mol. The topological polar surface area (TPSA) is 95.8 Å². The Kier molecular flexibility index (Phi) is 9.83. The van der Waals surface area contributed by atoms with Gasteiger partial charge in [0.05, 0.1) is 31.0 Å². The van der Waals surface area contributed by atoms with Gasteiger partial charge in [0.15, 0.2) is 23.1 Å². The number of allylic oxidation sites excluding steroid dienone is 1. The number of rotatable bonds is 14. The summed E-state index contributed by atoms with van der Waals surface area (Å²) < 4.78 is 36.3. The molecule has 9 heteroatoms. The summed E-state index contributed by atoms with van der Waals surface area (Å²) in [6, 6.07) is 11.6. The maximum atomic E-state index is 14.4. The molecule has 2 aromatic rings. The summed E-state index contributed by atoms with van der Waals surface area (Å²) in [5.74, 6) is 0.284. The molecule has 0 spiro atoms. The van der Waals surface area contributed by atoms with Crippen LogP contribution in [0.3, 0.4) is 0 Å². The van der Waals surface area contributed by atoms with E-state index in [1.165, 1.54) is 12.1 Å². The molecular formula is C30H33FN2O6. The predicted molar refractivity (Wildman–Crippen MR) is 143 cm³/mol. The number of ketones is 1. The largest absolute Gasteiger partial charge is 0.494 e. The molecule has 2 saturated heterocycles. The summed E-state index contributed by atoms with van der Waals surface area (Å²) in [5.41, 5.74) is 1.54. The monoisotopic (exact) mass is 536 g/mol. The molecule has 0 radical (unpaired) electrons. The molecule has 2 aromatic carbocycles. The zero-order valence-electron chi connectivity index (χ0n) is 21.9. The molecule has 0 aromatic heterocycles. The van der Waals surface area contributed by atoms with E-state index in [2.05, 4.69) is 23.4 Å². The first-order chi connectivity index (χ1) is 18.9. The fourth-order valence-corrected chi connectivity index (χ4v) is 4.30. The Labute approximate surface area is 227 Å². The first-order valence-corrected chi connectivity index (χ1v) is 13.2. The number of ether oxygens (including phenoxy) is 4. The van der Waals surface area contributed by atoms with Crippen molar-refractivity contribution in [1.29, 1.82) is 0 Å². The lowest BCUT2D eigenvalue weighted by molar-refractivity contribution is -0.139. The fourth-order valence-electron chi connectivity index (χ4n) is 4.30. The van der Waals surface area contributed by atoms with Crippen LogP contribution in [0.25, 0.3) is 0 Å². The number of carbonyl (C=O) groups is 2. The van der Waals surface area contributed by atoms with Crippen LogP contribution in [0, 0.1) is 5.82 Å². The summed E-state index contributed by atoms with van der Waals surface area (Å²) in [5, 5.41) is 8.27. The summed E-state index contributed by atoms with van der Waals surface area (Å²) in [7, 11) is 0. The van der Waals surface area contributed by atoms with Crippen molar-refractivity contribution in [3.63, 3.8) is 0 Å². The van der Waals surface area contributed by atoms with Crippen LogP contribution in [0.4, 0.5) is 15.8 Å². The molecule has 2 unspecified atom stereocenters. The van der Waals surface area contributed by atoms with E-state index in [1.54, 1.807) is 18.2 Å². The quantitative estimate of drug-likeness (QED) is 0.111. The molecule has 206 valence electrons. The van der Waals surface area contributed by atoms with Crippen LogP contribution in [0.5, 0.6) is 11.5 Å². The molecule has 8 nitrogen and oxygen atoms in total. The number of nitrogens with zero attached hydrogens (tertiary/aromatic N) is 2. The van der Waals surface area contributed by atoms with Crippen molar-refractivity contribution < 1.29 is 32.9 Å². The Morgan fingerprint density at radius 3 is 2.08 bits per heavy atom. The highest BCUT2D eigenvalue weighted by molar-refractivity contribution is 5.94. The van der Waals surface area contributed by atoms with Crippen molar-refractivity contribution in [2.45, 2.75) is 63.6 Å². The number of cyclic esters (lactones) is 1. The van der Waals surface area contributed by atoms with E-state index in [0.29, 0.717) is 43.0 Å². The number of hydrogen-bond acceptors (Lipinski definition) is 8. The van der Waals surface area contributed by atoms with Gasteiger partial charge in [0, 0.05) is 18.1 Å². The van der Waals surface area contributed by atoms with E-state index in [9.17, 15) is 14.0 Å². The van der Waals surface area contributed by atoms with Crippen molar-refractivity contribution >= 4 is 23.1 Å². The Bertz CT molecular complexity index is 1190. The van der Waals surface area contributed by atoms with Crippen LogP contribution in [0.15, 0.2) is 77.2 Å². The van der Waals surface area contributed by atoms with Crippen LogP contribution in [0.1, 0.15) is 51.4 Å². The van der Waals surface area contributed by atoms with E-state index in [4.69, 9.17) is 18.9 Å². The SMILES string of the molecule is C=C1CC(CCCCOc2ccc(N=Nc3ccc(OCCCCC4CC(=O)C(=C)O4)c(F)c3)cc2)OC1=O. The van der Waals surface area contributed by atoms with Gasteiger partial charge in [-0.15, -0.1) is 0 Å². The molecule has 39 heavy (non-hydrogen) atoms. The summed E-state index contributed by atoms with van der Waals surface area (Å²) in [6.45, 7) is 8.19. The van der Waals surface area contributed by atoms with Gasteiger partial charge in [-0.3, -0.25) is 4.79 Å². The summed E-state index contributed by atoms with van der Waals surface area (Å²) in [4.78, 5) is 22.8. The molecule has 0 bridgehead atoms. The molecule has 0 aliphatic carbocycles. The second-order valence-electron chi connectivity index (χ2n) is 9.62. The van der Waals surface area contributed by atoms with E-state index >= 15 is 0 Å². The number of unbranched alkanes of at least 4 members (excludes halogenated alkanes) is 2. The van der Waals surface area contributed by atoms with E-state index in [-0.39, 0.29) is 35.5 Å². The molecule has 4 rings (SSSR count). The molecule has 0 saturated carbocycles. The van der Waals surface area contributed by atoms with E-state index in [1.807, 2.05) is 12.1 Å². The Hall–Kier alpha value is -4.01. The predicted octanol–water partition coefficient (Wildman–Crippen LogP) is 7.08. The third kappa shape index (κ3) is 8.49. The number of azo groups is 1. The van der Waals surface area contributed by atoms with Gasteiger partial charge in [-0.05, 0) is 74.9 Å². The minimum Gasteiger partial charge on any atom is -0.494 e. The lowest BCUT2D eigenvalue weighted by Crippen LogP contribution is -2.07. The highest BCUT2D eigenvalue weighted by Gasteiger charge is 2.27. The molecular weight excluding hydrogens is 503 g/mol. The maximum absolute atomic E-state index is 14.4. The van der Waals surface area contributed by atoms with Crippen molar-refractivity contribution in [2.75, 3.05) is 13.2 Å². The molecule has 0 amide bonds. The van der Waals surface area contributed by atoms with Crippen LogP contribution >= 0.6 is 0 Å². The van der Waals surface area contributed by atoms with Gasteiger partial charge in [0.1, 0.15) is 18.0 Å². The number of Topliss-reactive ketones (excluding diaryl/α,β-unsaturated/α-hetero) is 1. The van der Waals surface area contributed by atoms with Gasteiger partial charge < -0.3 is 18.9 Å². The van der Waals surface area contributed by atoms with Gasteiger partial charge in [0.25, 0.3) is 0 Å². The van der Waals surface area contributed by atoms with Gasteiger partial charge in [0.2, 0.25) is 0 Å². The number of benzene rings is 2.